The normalized spacial score (nSPS) is 17.6. The maximum atomic E-state index is 12.2. The van der Waals surface area contributed by atoms with E-state index in [1.807, 2.05) is 30.3 Å². The van der Waals surface area contributed by atoms with Gasteiger partial charge in [0.25, 0.3) is 0 Å². The van der Waals surface area contributed by atoms with Gasteiger partial charge in [0.2, 0.25) is 0 Å². The summed E-state index contributed by atoms with van der Waals surface area (Å²) in [5.41, 5.74) is 1.72. The van der Waals surface area contributed by atoms with E-state index < -0.39 is 12.6 Å². The number of nitrogens with zero attached hydrogens (tertiary/aromatic N) is 1. The molecule has 0 saturated heterocycles. The smallest absolute Gasteiger partial charge is 0.295 e. The molecular formula is C14H16F3N. The zero-order valence-electron chi connectivity index (χ0n) is 10.1. The molecule has 0 saturated carbocycles. The summed E-state index contributed by atoms with van der Waals surface area (Å²) in [6.45, 7) is 2.12. The molecule has 0 amide bonds. The quantitative estimate of drug-likeness (QED) is 0.743. The van der Waals surface area contributed by atoms with Gasteiger partial charge in [-0.15, -0.1) is 0 Å². The van der Waals surface area contributed by atoms with Gasteiger partial charge in [0.15, 0.2) is 0 Å². The van der Waals surface area contributed by atoms with Gasteiger partial charge in [-0.2, -0.15) is 13.2 Å². The summed E-state index contributed by atoms with van der Waals surface area (Å²) in [5.74, 6) is 0. The molecule has 0 radical (unpaired) electrons. The van der Waals surface area contributed by atoms with E-state index in [2.05, 4.69) is 4.90 Å². The molecule has 1 nitrogen and oxygen atoms in total. The predicted octanol–water partition coefficient (Wildman–Crippen LogP) is 3.77. The van der Waals surface area contributed by atoms with Crippen molar-refractivity contribution in [3.05, 3.63) is 47.5 Å². The van der Waals surface area contributed by atoms with E-state index in [1.54, 1.807) is 6.08 Å². The Hall–Kier alpha value is -1.29. The van der Waals surface area contributed by atoms with Crippen LogP contribution in [0.2, 0.25) is 0 Å². The van der Waals surface area contributed by atoms with E-state index in [0.717, 1.165) is 6.54 Å². The summed E-state index contributed by atoms with van der Waals surface area (Å²) < 4.78 is 36.7. The van der Waals surface area contributed by atoms with Crippen molar-refractivity contribution in [2.45, 2.75) is 25.6 Å². The highest BCUT2D eigenvalue weighted by Crippen LogP contribution is 2.27. The van der Waals surface area contributed by atoms with E-state index in [-0.39, 0.29) is 0 Å². The average molecular weight is 255 g/mol. The lowest BCUT2D eigenvalue weighted by Gasteiger charge is -2.26. The predicted molar refractivity (Wildman–Crippen MR) is 65.1 cm³/mol. The molecule has 0 aromatic heterocycles. The zero-order chi connectivity index (χ0) is 13.0. The molecule has 18 heavy (non-hydrogen) atoms. The second-order valence-electron chi connectivity index (χ2n) is 4.63. The highest BCUT2D eigenvalue weighted by molar-refractivity contribution is 5.16. The molecule has 1 aromatic rings. The molecule has 1 heterocycles. The topological polar surface area (TPSA) is 3.24 Å². The number of rotatable bonds is 3. The fourth-order valence-electron chi connectivity index (χ4n) is 2.16. The summed E-state index contributed by atoms with van der Waals surface area (Å²) in [6, 6.07) is 9.99. The summed E-state index contributed by atoms with van der Waals surface area (Å²) in [4.78, 5) is 2.16. The number of hydrogen-bond acceptors (Lipinski definition) is 1. The second-order valence-corrected chi connectivity index (χ2v) is 4.63. The second kappa shape index (κ2) is 5.57. The minimum atomic E-state index is -4.08. The van der Waals surface area contributed by atoms with Crippen molar-refractivity contribution in [3.63, 3.8) is 0 Å². The van der Waals surface area contributed by atoms with Crippen LogP contribution in [0.15, 0.2) is 42.0 Å². The molecule has 0 bridgehead atoms. The summed E-state index contributed by atoms with van der Waals surface area (Å²) in [6.07, 6.45) is -2.59. The van der Waals surface area contributed by atoms with Crippen molar-refractivity contribution in [2.24, 2.45) is 0 Å². The van der Waals surface area contributed by atoms with Crippen molar-refractivity contribution in [2.75, 3.05) is 13.1 Å². The van der Waals surface area contributed by atoms with Crippen LogP contribution in [-0.4, -0.2) is 24.2 Å². The third-order valence-electron chi connectivity index (χ3n) is 3.06. The lowest BCUT2D eigenvalue weighted by Crippen LogP contribution is -2.29. The minimum Gasteiger partial charge on any atom is -0.295 e. The molecular weight excluding hydrogens is 239 g/mol. The van der Waals surface area contributed by atoms with Gasteiger partial charge in [0.05, 0.1) is 6.42 Å². The van der Waals surface area contributed by atoms with Crippen LogP contribution in [0.4, 0.5) is 13.2 Å². The average Bonchev–Trinajstić information content (AvgIpc) is 2.31. The van der Waals surface area contributed by atoms with E-state index >= 15 is 0 Å². The lowest BCUT2D eigenvalue weighted by molar-refractivity contribution is -0.127. The molecule has 0 N–H and O–H groups in total. The van der Waals surface area contributed by atoms with Crippen molar-refractivity contribution < 1.29 is 13.2 Å². The molecule has 0 unspecified atom stereocenters. The van der Waals surface area contributed by atoms with Gasteiger partial charge >= 0.3 is 6.18 Å². The standard InChI is InChI=1S/C14H16F3N/c15-14(16,17)10-12-6-8-18(9-7-12)11-13-4-2-1-3-5-13/h1-6H,7-11H2. The first-order valence-corrected chi connectivity index (χ1v) is 6.04. The van der Waals surface area contributed by atoms with E-state index in [0.29, 0.717) is 25.1 Å². The Kier molecular flexibility index (Phi) is 4.07. The highest BCUT2D eigenvalue weighted by atomic mass is 19.4. The van der Waals surface area contributed by atoms with Crippen LogP contribution >= 0.6 is 0 Å². The van der Waals surface area contributed by atoms with Crippen LogP contribution in [0, 0.1) is 0 Å². The Morgan fingerprint density at radius 3 is 2.39 bits per heavy atom. The van der Waals surface area contributed by atoms with Crippen LogP contribution in [0.5, 0.6) is 0 Å². The van der Waals surface area contributed by atoms with Crippen LogP contribution in [0.3, 0.4) is 0 Å². The molecule has 4 heteroatoms. The molecule has 2 rings (SSSR count). The summed E-state index contributed by atoms with van der Waals surface area (Å²) in [7, 11) is 0. The lowest BCUT2D eigenvalue weighted by atomic mass is 10.0. The summed E-state index contributed by atoms with van der Waals surface area (Å²) in [5, 5.41) is 0. The molecule has 0 aliphatic carbocycles. The first-order valence-electron chi connectivity index (χ1n) is 6.04. The Morgan fingerprint density at radius 2 is 1.83 bits per heavy atom. The van der Waals surface area contributed by atoms with Crippen LogP contribution in [0.1, 0.15) is 18.4 Å². The molecule has 98 valence electrons. The third-order valence-corrected chi connectivity index (χ3v) is 3.06. The van der Waals surface area contributed by atoms with Gasteiger partial charge in [-0.05, 0) is 12.0 Å². The zero-order valence-corrected chi connectivity index (χ0v) is 10.1. The Bertz CT molecular complexity index is 409. The van der Waals surface area contributed by atoms with Gasteiger partial charge in [0, 0.05) is 19.6 Å². The minimum absolute atomic E-state index is 0.520. The molecule has 1 aromatic carbocycles. The van der Waals surface area contributed by atoms with Gasteiger partial charge in [-0.25, -0.2) is 0 Å². The van der Waals surface area contributed by atoms with Crippen molar-refractivity contribution in [1.82, 2.24) is 4.90 Å². The fourth-order valence-corrected chi connectivity index (χ4v) is 2.16. The number of halogens is 3. The van der Waals surface area contributed by atoms with E-state index in [1.165, 1.54) is 5.56 Å². The number of hydrogen-bond donors (Lipinski definition) is 0. The fraction of sp³-hybridized carbons (Fsp3) is 0.429. The van der Waals surface area contributed by atoms with Gasteiger partial charge in [0.1, 0.15) is 0 Å². The molecule has 1 aliphatic rings. The maximum absolute atomic E-state index is 12.2. The largest absolute Gasteiger partial charge is 0.392 e. The van der Waals surface area contributed by atoms with Gasteiger partial charge < -0.3 is 0 Å². The van der Waals surface area contributed by atoms with E-state index in [4.69, 9.17) is 0 Å². The monoisotopic (exact) mass is 255 g/mol. The molecule has 0 atom stereocenters. The van der Waals surface area contributed by atoms with Crippen molar-refractivity contribution >= 4 is 0 Å². The Morgan fingerprint density at radius 1 is 1.11 bits per heavy atom. The molecule has 0 fully saturated rings. The summed E-state index contributed by atoms with van der Waals surface area (Å²) >= 11 is 0. The third kappa shape index (κ3) is 4.18. The Balaban J connectivity index is 1.86. The van der Waals surface area contributed by atoms with Crippen LogP contribution < -0.4 is 0 Å². The Labute approximate surface area is 105 Å². The number of alkyl halides is 3. The number of benzene rings is 1. The van der Waals surface area contributed by atoms with Crippen molar-refractivity contribution in [3.8, 4) is 0 Å². The van der Waals surface area contributed by atoms with Gasteiger partial charge in [-0.1, -0.05) is 42.0 Å². The highest BCUT2D eigenvalue weighted by Gasteiger charge is 2.29. The molecule has 1 aliphatic heterocycles. The van der Waals surface area contributed by atoms with Gasteiger partial charge in [-0.3, -0.25) is 4.90 Å². The maximum Gasteiger partial charge on any atom is 0.392 e. The van der Waals surface area contributed by atoms with Crippen LogP contribution in [-0.2, 0) is 6.54 Å². The first kappa shape index (κ1) is 13.1. The first-order chi connectivity index (χ1) is 8.53. The molecule has 0 spiro atoms. The van der Waals surface area contributed by atoms with E-state index in [9.17, 15) is 13.2 Å². The SMILES string of the molecule is FC(F)(F)CC1=CCN(Cc2ccccc2)CC1. The van der Waals surface area contributed by atoms with Crippen LogP contribution in [0.25, 0.3) is 0 Å². The van der Waals surface area contributed by atoms with Crippen molar-refractivity contribution in [1.29, 1.82) is 0 Å².